The second-order valence-electron chi connectivity index (χ2n) is 7.32. The molecule has 0 spiro atoms. The first-order valence-electron chi connectivity index (χ1n) is 7.83. The maximum atomic E-state index is 11.2. The van der Waals surface area contributed by atoms with E-state index in [1.807, 2.05) is 17.9 Å². The fourth-order valence-electron chi connectivity index (χ4n) is 5.35. The summed E-state index contributed by atoms with van der Waals surface area (Å²) in [5.74, 6) is 3.03. The van der Waals surface area contributed by atoms with Gasteiger partial charge in [-0.25, -0.2) is 0 Å². The lowest BCUT2D eigenvalue weighted by Crippen LogP contribution is -2.57. The predicted octanol–water partition coefficient (Wildman–Crippen LogP) is 2.54. The molecule has 0 saturated heterocycles. The van der Waals surface area contributed by atoms with Crippen LogP contribution in [0.3, 0.4) is 0 Å². The Morgan fingerprint density at radius 2 is 1.84 bits per heavy atom. The zero-order valence-electron chi connectivity index (χ0n) is 11.8. The van der Waals surface area contributed by atoms with E-state index in [1.54, 1.807) is 0 Å². The van der Waals surface area contributed by atoms with Gasteiger partial charge in [-0.05, 0) is 74.2 Å². The van der Waals surface area contributed by atoms with E-state index in [1.165, 1.54) is 37.7 Å². The first kappa shape index (κ1) is 12.0. The second-order valence-corrected chi connectivity index (χ2v) is 7.32. The molecular formula is C16H24N2O. The van der Waals surface area contributed by atoms with Gasteiger partial charge in [-0.1, -0.05) is 0 Å². The predicted molar refractivity (Wildman–Crippen MR) is 73.5 cm³/mol. The van der Waals surface area contributed by atoms with Gasteiger partial charge in [0.15, 0.2) is 0 Å². The van der Waals surface area contributed by atoms with E-state index in [-0.39, 0.29) is 5.60 Å². The third-order valence-corrected chi connectivity index (χ3v) is 6.12. The van der Waals surface area contributed by atoms with Crippen molar-refractivity contribution in [1.82, 2.24) is 9.78 Å². The molecule has 1 aromatic heterocycles. The molecule has 4 aliphatic rings. The van der Waals surface area contributed by atoms with Crippen LogP contribution in [0.2, 0.25) is 0 Å². The first-order valence-corrected chi connectivity index (χ1v) is 7.83. The minimum Gasteiger partial charge on any atom is -0.389 e. The molecule has 3 heteroatoms. The molecule has 104 valence electrons. The Morgan fingerprint density at radius 1 is 1.21 bits per heavy atom. The highest BCUT2D eigenvalue weighted by molar-refractivity contribution is 5.10. The third-order valence-electron chi connectivity index (χ3n) is 6.12. The largest absolute Gasteiger partial charge is 0.389 e. The zero-order chi connectivity index (χ0) is 13.0. The van der Waals surface area contributed by atoms with Crippen LogP contribution in [0.15, 0.2) is 12.4 Å². The fraction of sp³-hybridized carbons (Fsp3) is 0.812. The maximum absolute atomic E-state index is 11.2. The molecule has 0 aliphatic heterocycles. The van der Waals surface area contributed by atoms with Crippen LogP contribution in [0.25, 0.3) is 0 Å². The molecule has 4 aliphatic carbocycles. The van der Waals surface area contributed by atoms with E-state index in [0.29, 0.717) is 11.8 Å². The van der Waals surface area contributed by atoms with Crippen molar-refractivity contribution in [2.24, 2.45) is 30.7 Å². The van der Waals surface area contributed by atoms with Crippen LogP contribution in [-0.4, -0.2) is 20.5 Å². The van der Waals surface area contributed by atoms with Crippen molar-refractivity contribution in [3.05, 3.63) is 18.0 Å². The zero-order valence-corrected chi connectivity index (χ0v) is 11.8. The molecule has 1 aromatic rings. The monoisotopic (exact) mass is 260 g/mol. The summed E-state index contributed by atoms with van der Waals surface area (Å²) in [6.45, 7) is 0. The second kappa shape index (κ2) is 4.08. The average molecular weight is 260 g/mol. The number of hydrogen-bond acceptors (Lipinski definition) is 2. The minimum absolute atomic E-state index is 0.372. The number of hydrogen-bond donors (Lipinski definition) is 1. The van der Waals surface area contributed by atoms with E-state index in [0.717, 1.165) is 24.7 Å². The molecule has 3 nitrogen and oxygen atoms in total. The van der Waals surface area contributed by atoms with Gasteiger partial charge in [-0.3, -0.25) is 4.68 Å². The van der Waals surface area contributed by atoms with Gasteiger partial charge in [0, 0.05) is 13.2 Å². The van der Waals surface area contributed by atoms with Crippen LogP contribution in [-0.2, 0) is 13.5 Å². The number of aromatic nitrogens is 2. The Hall–Kier alpha value is -0.830. The molecule has 4 fully saturated rings. The van der Waals surface area contributed by atoms with E-state index in [2.05, 4.69) is 11.3 Å². The number of nitrogens with zero attached hydrogens (tertiary/aromatic N) is 2. The molecule has 19 heavy (non-hydrogen) atoms. The Kier molecular flexibility index (Phi) is 2.57. The SMILES string of the molecule is Cn1cc(CCC2(O)C3CC4CC(C3)CC2C4)cn1. The molecule has 4 bridgehead atoms. The van der Waals surface area contributed by atoms with E-state index < -0.39 is 0 Å². The van der Waals surface area contributed by atoms with Gasteiger partial charge >= 0.3 is 0 Å². The van der Waals surface area contributed by atoms with Crippen molar-refractivity contribution in [2.75, 3.05) is 0 Å². The highest BCUT2D eigenvalue weighted by atomic mass is 16.3. The van der Waals surface area contributed by atoms with Crippen LogP contribution in [0.4, 0.5) is 0 Å². The van der Waals surface area contributed by atoms with Gasteiger partial charge in [-0.15, -0.1) is 0 Å². The summed E-state index contributed by atoms with van der Waals surface area (Å²) in [6, 6.07) is 0. The van der Waals surface area contributed by atoms with Gasteiger partial charge in [0.1, 0.15) is 0 Å². The van der Waals surface area contributed by atoms with Gasteiger partial charge in [-0.2, -0.15) is 5.10 Å². The summed E-state index contributed by atoms with van der Waals surface area (Å²) >= 11 is 0. The quantitative estimate of drug-likeness (QED) is 0.907. The molecule has 5 rings (SSSR count). The van der Waals surface area contributed by atoms with E-state index in [9.17, 15) is 5.11 Å². The van der Waals surface area contributed by atoms with Gasteiger partial charge in [0.2, 0.25) is 0 Å². The standard InChI is InChI=1S/C16H24N2O/c1-18-10-11(9-17-18)2-3-16(19)14-5-12-4-13(7-14)8-15(16)6-12/h9-10,12-15,19H,2-8H2,1H3. The summed E-state index contributed by atoms with van der Waals surface area (Å²) in [5.41, 5.74) is 0.897. The van der Waals surface area contributed by atoms with Gasteiger partial charge in [0.05, 0.1) is 11.8 Å². The normalized spacial score (nSPS) is 43.9. The molecule has 4 saturated carbocycles. The molecule has 0 unspecified atom stereocenters. The summed E-state index contributed by atoms with van der Waals surface area (Å²) in [5, 5.41) is 15.5. The van der Waals surface area contributed by atoms with Crippen LogP contribution < -0.4 is 0 Å². The molecule has 0 aromatic carbocycles. The van der Waals surface area contributed by atoms with Crippen molar-refractivity contribution >= 4 is 0 Å². The maximum Gasteiger partial charge on any atom is 0.0707 e. The number of aliphatic hydroxyl groups is 1. The Bertz CT molecular complexity index is 451. The van der Waals surface area contributed by atoms with Crippen LogP contribution in [0.5, 0.6) is 0 Å². The average Bonchev–Trinajstić information content (AvgIpc) is 2.79. The lowest BCUT2D eigenvalue weighted by Gasteiger charge is -2.59. The van der Waals surface area contributed by atoms with Crippen molar-refractivity contribution in [1.29, 1.82) is 0 Å². The van der Waals surface area contributed by atoms with Crippen LogP contribution in [0.1, 0.15) is 44.1 Å². The molecule has 0 atom stereocenters. The van der Waals surface area contributed by atoms with Crippen molar-refractivity contribution in [2.45, 2.75) is 50.5 Å². The fourth-order valence-corrected chi connectivity index (χ4v) is 5.35. The Balaban J connectivity index is 1.50. The molecule has 1 heterocycles. The minimum atomic E-state index is -0.372. The third kappa shape index (κ3) is 1.85. The lowest BCUT2D eigenvalue weighted by atomic mass is 9.49. The topological polar surface area (TPSA) is 38.0 Å². The van der Waals surface area contributed by atoms with Crippen LogP contribution >= 0.6 is 0 Å². The molecular weight excluding hydrogens is 236 g/mol. The van der Waals surface area contributed by atoms with Crippen LogP contribution in [0, 0.1) is 23.7 Å². The molecule has 0 radical (unpaired) electrons. The highest BCUT2D eigenvalue weighted by Gasteiger charge is 2.55. The summed E-state index contributed by atoms with van der Waals surface area (Å²) in [7, 11) is 1.96. The highest BCUT2D eigenvalue weighted by Crippen LogP contribution is 2.59. The van der Waals surface area contributed by atoms with Crippen molar-refractivity contribution < 1.29 is 5.11 Å². The van der Waals surface area contributed by atoms with Crippen molar-refractivity contribution in [3.8, 4) is 0 Å². The summed E-state index contributed by atoms with van der Waals surface area (Å²) in [6.07, 6.45) is 12.5. The summed E-state index contributed by atoms with van der Waals surface area (Å²) in [4.78, 5) is 0. The first-order chi connectivity index (χ1) is 9.13. The Morgan fingerprint density at radius 3 is 2.37 bits per heavy atom. The smallest absolute Gasteiger partial charge is 0.0707 e. The van der Waals surface area contributed by atoms with E-state index in [4.69, 9.17) is 0 Å². The van der Waals surface area contributed by atoms with Crippen molar-refractivity contribution in [3.63, 3.8) is 0 Å². The number of aryl methyl sites for hydroxylation is 2. The number of rotatable bonds is 3. The molecule has 1 N–H and O–H groups in total. The Labute approximate surface area is 115 Å². The van der Waals surface area contributed by atoms with E-state index >= 15 is 0 Å². The molecule has 0 amide bonds. The summed E-state index contributed by atoms with van der Waals surface area (Å²) < 4.78 is 1.86. The van der Waals surface area contributed by atoms with Gasteiger partial charge < -0.3 is 5.11 Å². The lowest BCUT2D eigenvalue weighted by molar-refractivity contribution is -0.175. The van der Waals surface area contributed by atoms with Gasteiger partial charge in [0.25, 0.3) is 0 Å².